The normalized spacial score (nSPS) is 16.1. The van der Waals surface area contributed by atoms with E-state index in [1.54, 1.807) is 23.9 Å². The molecule has 31 heavy (non-hydrogen) atoms. The van der Waals surface area contributed by atoms with Gasteiger partial charge in [-0.2, -0.15) is 5.10 Å². The standard InChI is InChI=1S/C21H20N8OS/c30-10-15-8-25-28-29(15)9-12-1-3-16-18(5-12)31-21-19(16)20(22-11-23-21)26-14-2-4-17-13(6-14)7-24-27-17/h2,4,6-8,11-12,30H,1,3,5,9-10H2,(H,24,27)(H,22,23,26)/t12-/m1/s1. The Balaban J connectivity index is 1.30. The highest BCUT2D eigenvalue weighted by molar-refractivity contribution is 7.19. The number of nitrogens with one attached hydrogen (secondary N) is 2. The molecule has 0 spiro atoms. The maximum absolute atomic E-state index is 9.46. The first-order chi connectivity index (χ1) is 15.3. The lowest BCUT2D eigenvalue weighted by molar-refractivity contribution is 0.260. The number of aliphatic hydroxyl groups is 1. The minimum absolute atomic E-state index is 0.0386. The SMILES string of the molecule is OCc1cnnn1C[C@@H]1CCc2c(sc3ncnc(Nc4ccc5[nH]ncc5c4)c23)C1. The Labute approximate surface area is 181 Å². The molecule has 10 heteroatoms. The van der Waals surface area contributed by atoms with Gasteiger partial charge in [-0.05, 0) is 48.9 Å². The van der Waals surface area contributed by atoms with Crippen LogP contribution in [0.1, 0.15) is 22.6 Å². The summed E-state index contributed by atoms with van der Waals surface area (Å²) in [6.07, 6.45) is 8.08. The van der Waals surface area contributed by atoms with Gasteiger partial charge < -0.3 is 10.4 Å². The number of anilines is 2. The number of aryl methyl sites for hydroxylation is 1. The highest BCUT2D eigenvalue weighted by atomic mass is 32.1. The number of hydrogen-bond donors (Lipinski definition) is 3. The predicted molar refractivity (Wildman–Crippen MR) is 118 cm³/mol. The molecule has 1 aliphatic rings. The molecular formula is C21H20N8OS. The molecule has 0 bridgehead atoms. The van der Waals surface area contributed by atoms with Gasteiger partial charge in [-0.15, -0.1) is 16.4 Å². The van der Waals surface area contributed by atoms with Crippen molar-refractivity contribution < 1.29 is 5.11 Å². The number of aliphatic hydroxyl groups excluding tert-OH is 1. The Morgan fingerprint density at radius 2 is 2.23 bits per heavy atom. The monoisotopic (exact) mass is 432 g/mol. The lowest BCUT2D eigenvalue weighted by atomic mass is 9.87. The van der Waals surface area contributed by atoms with Crippen LogP contribution in [0.3, 0.4) is 0 Å². The Morgan fingerprint density at radius 1 is 1.26 bits per heavy atom. The minimum atomic E-state index is -0.0386. The molecule has 3 N–H and O–H groups in total. The van der Waals surface area contributed by atoms with E-state index >= 15 is 0 Å². The molecule has 9 nitrogen and oxygen atoms in total. The lowest BCUT2D eigenvalue weighted by Crippen LogP contribution is -2.20. The fraction of sp³-hybridized carbons (Fsp3) is 0.286. The van der Waals surface area contributed by atoms with Gasteiger partial charge in [0.05, 0.1) is 35.6 Å². The van der Waals surface area contributed by atoms with Crippen LogP contribution in [0.2, 0.25) is 0 Å². The molecule has 5 aromatic rings. The topological polar surface area (TPSA) is 117 Å². The summed E-state index contributed by atoms with van der Waals surface area (Å²) in [5, 5.41) is 30.3. The quantitative estimate of drug-likeness (QED) is 0.390. The van der Waals surface area contributed by atoms with E-state index in [0.717, 1.165) is 64.1 Å². The first-order valence-corrected chi connectivity index (χ1v) is 11.0. The third kappa shape index (κ3) is 3.24. The van der Waals surface area contributed by atoms with E-state index in [2.05, 4.69) is 41.9 Å². The lowest BCUT2D eigenvalue weighted by Gasteiger charge is -2.22. The van der Waals surface area contributed by atoms with Crippen LogP contribution >= 0.6 is 11.3 Å². The van der Waals surface area contributed by atoms with Crippen LogP contribution in [0.25, 0.3) is 21.1 Å². The van der Waals surface area contributed by atoms with Crippen LogP contribution in [-0.2, 0) is 26.0 Å². The molecule has 6 rings (SSSR count). The third-order valence-electron chi connectivity index (χ3n) is 5.94. The maximum atomic E-state index is 9.46. The molecule has 1 aromatic carbocycles. The van der Waals surface area contributed by atoms with Gasteiger partial charge in [0.25, 0.3) is 0 Å². The number of H-pyrrole nitrogens is 1. The van der Waals surface area contributed by atoms with Crippen LogP contribution in [0.4, 0.5) is 11.5 Å². The van der Waals surface area contributed by atoms with Crippen LogP contribution in [0.5, 0.6) is 0 Å². The smallest absolute Gasteiger partial charge is 0.142 e. The second kappa shape index (κ2) is 7.40. The third-order valence-corrected chi connectivity index (χ3v) is 7.10. The van der Waals surface area contributed by atoms with Crippen molar-refractivity contribution in [1.82, 2.24) is 35.2 Å². The number of aromatic nitrogens is 7. The summed E-state index contributed by atoms with van der Waals surface area (Å²) in [5.41, 5.74) is 4.10. The molecule has 1 atom stereocenters. The molecule has 1 aliphatic carbocycles. The molecule has 0 radical (unpaired) electrons. The molecule has 0 saturated heterocycles. The molecule has 156 valence electrons. The van der Waals surface area contributed by atoms with Crippen LogP contribution in [-0.4, -0.2) is 40.3 Å². The second-order valence-corrected chi connectivity index (χ2v) is 8.96. The van der Waals surface area contributed by atoms with Crippen molar-refractivity contribution in [2.45, 2.75) is 32.4 Å². The van der Waals surface area contributed by atoms with Gasteiger partial charge in [0, 0.05) is 22.5 Å². The summed E-state index contributed by atoms with van der Waals surface area (Å²) in [6, 6.07) is 6.11. The Morgan fingerprint density at radius 3 is 3.16 bits per heavy atom. The fourth-order valence-corrected chi connectivity index (χ4v) is 5.69. The number of rotatable bonds is 5. The van der Waals surface area contributed by atoms with E-state index < -0.39 is 0 Å². The van der Waals surface area contributed by atoms with E-state index in [0.29, 0.717) is 5.92 Å². The number of aromatic amines is 1. The summed E-state index contributed by atoms with van der Waals surface area (Å²) in [7, 11) is 0. The van der Waals surface area contributed by atoms with E-state index in [1.165, 1.54) is 10.4 Å². The van der Waals surface area contributed by atoms with Crippen LogP contribution in [0, 0.1) is 5.92 Å². The van der Waals surface area contributed by atoms with Crippen molar-refractivity contribution in [2.24, 2.45) is 5.92 Å². The average molecular weight is 433 g/mol. The number of fused-ring (bicyclic) bond motifs is 4. The van der Waals surface area contributed by atoms with Crippen molar-refractivity contribution >= 4 is 44.0 Å². The van der Waals surface area contributed by atoms with Crippen molar-refractivity contribution in [2.75, 3.05) is 5.32 Å². The molecule has 0 amide bonds. The van der Waals surface area contributed by atoms with E-state index in [1.807, 2.05) is 23.0 Å². The maximum Gasteiger partial charge on any atom is 0.142 e. The van der Waals surface area contributed by atoms with Crippen molar-refractivity contribution in [1.29, 1.82) is 0 Å². The Hall–Kier alpha value is -3.37. The summed E-state index contributed by atoms with van der Waals surface area (Å²) in [5.74, 6) is 1.31. The van der Waals surface area contributed by atoms with E-state index in [-0.39, 0.29) is 6.61 Å². The number of nitrogens with zero attached hydrogens (tertiary/aromatic N) is 6. The zero-order valence-electron chi connectivity index (χ0n) is 16.6. The molecule has 4 aromatic heterocycles. The summed E-state index contributed by atoms with van der Waals surface area (Å²) >= 11 is 1.75. The van der Waals surface area contributed by atoms with Gasteiger partial charge in [-0.1, -0.05) is 5.21 Å². The molecular weight excluding hydrogens is 412 g/mol. The Kier molecular flexibility index (Phi) is 4.39. The largest absolute Gasteiger partial charge is 0.390 e. The predicted octanol–water partition coefficient (Wildman–Crippen LogP) is 3.20. The average Bonchev–Trinajstić information content (AvgIpc) is 3.51. The second-order valence-electron chi connectivity index (χ2n) is 7.88. The molecule has 0 aliphatic heterocycles. The van der Waals surface area contributed by atoms with Crippen molar-refractivity contribution in [3.05, 3.63) is 53.1 Å². The van der Waals surface area contributed by atoms with E-state index in [4.69, 9.17) is 0 Å². The number of hydrogen-bond acceptors (Lipinski definition) is 8. The summed E-state index contributed by atoms with van der Waals surface area (Å²) in [4.78, 5) is 11.5. The van der Waals surface area contributed by atoms with Gasteiger partial charge in [-0.25, -0.2) is 14.6 Å². The first-order valence-electron chi connectivity index (χ1n) is 10.2. The van der Waals surface area contributed by atoms with Gasteiger partial charge in [0.15, 0.2) is 0 Å². The highest BCUT2D eigenvalue weighted by Gasteiger charge is 2.26. The van der Waals surface area contributed by atoms with Crippen molar-refractivity contribution in [3.8, 4) is 0 Å². The van der Waals surface area contributed by atoms with Crippen LogP contribution in [0.15, 0.2) is 36.9 Å². The molecule has 0 unspecified atom stereocenters. The molecule has 4 heterocycles. The zero-order valence-corrected chi connectivity index (χ0v) is 17.4. The van der Waals surface area contributed by atoms with Crippen LogP contribution < -0.4 is 5.32 Å². The molecule has 0 saturated carbocycles. The summed E-state index contributed by atoms with van der Waals surface area (Å²) < 4.78 is 1.82. The Bertz CT molecular complexity index is 1390. The highest BCUT2D eigenvalue weighted by Crippen LogP contribution is 2.40. The van der Waals surface area contributed by atoms with Gasteiger partial charge >= 0.3 is 0 Å². The fourth-order valence-electron chi connectivity index (χ4n) is 4.39. The first kappa shape index (κ1) is 18.4. The summed E-state index contributed by atoms with van der Waals surface area (Å²) in [6.45, 7) is 0.730. The zero-order chi connectivity index (χ0) is 20.8. The van der Waals surface area contributed by atoms with E-state index in [9.17, 15) is 5.11 Å². The number of thiophene rings is 1. The van der Waals surface area contributed by atoms with Gasteiger partial charge in [0.2, 0.25) is 0 Å². The van der Waals surface area contributed by atoms with Gasteiger partial charge in [-0.3, -0.25) is 5.10 Å². The van der Waals surface area contributed by atoms with Gasteiger partial charge in [0.1, 0.15) is 17.0 Å². The van der Waals surface area contributed by atoms with Crippen molar-refractivity contribution in [3.63, 3.8) is 0 Å². The number of benzene rings is 1. The molecule has 0 fully saturated rings. The minimum Gasteiger partial charge on any atom is -0.390 e.